The largest absolute Gasteiger partial charge is 0.480 e. The number of hydrogen-bond acceptors (Lipinski definition) is 7. The lowest BCUT2D eigenvalue weighted by Crippen LogP contribution is -2.26. The molecule has 1 rings (SSSR count). The lowest BCUT2D eigenvalue weighted by Gasteiger charge is -2.20. The molecule has 0 saturated heterocycles. The van der Waals surface area contributed by atoms with Gasteiger partial charge in [-0.1, -0.05) is 19.8 Å². The Morgan fingerprint density at radius 1 is 1.46 bits per heavy atom. The smallest absolute Gasteiger partial charge is 0.180 e. The molecular weight excluding hydrogens is 308 g/mol. The first-order chi connectivity index (χ1) is 11.6. The highest BCUT2D eigenvalue weighted by molar-refractivity contribution is 5.83. The number of nitrogens with one attached hydrogen (secondary N) is 2. The molecule has 1 unspecified atom stereocenters. The summed E-state index contributed by atoms with van der Waals surface area (Å²) in [5.41, 5.74) is 2.67. The minimum absolute atomic E-state index is 0.128. The first-order valence-corrected chi connectivity index (χ1v) is 8.15. The van der Waals surface area contributed by atoms with Crippen molar-refractivity contribution in [1.82, 2.24) is 15.4 Å². The molecule has 0 bridgehead atoms. The summed E-state index contributed by atoms with van der Waals surface area (Å²) in [5, 5.41) is 16.2. The zero-order chi connectivity index (χ0) is 17.8. The van der Waals surface area contributed by atoms with E-state index in [9.17, 15) is 5.11 Å². The van der Waals surface area contributed by atoms with E-state index in [0.717, 1.165) is 19.3 Å². The summed E-state index contributed by atoms with van der Waals surface area (Å²) in [6.45, 7) is 7.66. The van der Waals surface area contributed by atoms with Gasteiger partial charge in [0.25, 0.3) is 0 Å². The Morgan fingerprint density at radius 3 is 2.88 bits per heavy atom. The Bertz CT molecular complexity index is 535. The van der Waals surface area contributed by atoms with E-state index in [1.165, 1.54) is 0 Å². The minimum atomic E-state index is 0.128. The van der Waals surface area contributed by atoms with E-state index in [-0.39, 0.29) is 19.3 Å². The summed E-state index contributed by atoms with van der Waals surface area (Å²) in [6, 6.07) is 0.138. The molecule has 1 aromatic heterocycles. The second-order valence-corrected chi connectivity index (χ2v) is 5.35. The lowest BCUT2D eigenvalue weighted by atomic mass is 10.1. The second-order valence-electron chi connectivity index (χ2n) is 5.35. The van der Waals surface area contributed by atoms with Crippen LogP contribution in [0.25, 0.3) is 0 Å². The van der Waals surface area contributed by atoms with Crippen molar-refractivity contribution in [1.29, 1.82) is 0 Å². The molecule has 0 amide bonds. The van der Waals surface area contributed by atoms with Crippen LogP contribution in [0.3, 0.4) is 0 Å². The Labute approximate surface area is 143 Å². The Balaban J connectivity index is 2.84. The maximum absolute atomic E-state index is 9.26. The molecule has 0 fully saturated rings. The zero-order valence-electron chi connectivity index (χ0n) is 14.7. The number of aryl methyl sites for hydroxylation is 1. The Morgan fingerprint density at radius 2 is 2.25 bits per heavy atom. The van der Waals surface area contributed by atoms with Crippen LogP contribution < -0.4 is 15.5 Å². The number of anilines is 1. The van der Waals surface area contributed by atoms with E-state index < -0.39 is 0 Å². The number of nitrogens with zero attached hydrogens (tertiary/aromatic N) is 4. The van der Waals surface area contributed by atoms with E-state index in [2.05, 4.69) is 44.4 Å². The topological polar surface area (TPSA) is 104 Å². The monoisotopic (exact) mass is 336 g/mol. The third-order valence-corrected chi connectivity index (χ3v) is 3.44. The molecule has 0 saturated carbocycles. The van der Waals surface area contributed by atoms with Crippen LogP contribution in [0.15, 0.2) is 16.3 Å². The summed E-state index contributed by atoms with van der Waals surface area (Å²) >= 11 is 0. The van der Waals surface area contributed by atoms with E-state index in [4.69, 9.17) is 4.74 Å². The number of aliphatic hydroxyl groups is 1. The molecule has 0 aromatic carbocycles. The number of hydrazone groups is 1. The normalized spacial score (nSPS) is 12.6. The minimum Gasteiger partial charge on any atom is -0.480 e. The van der Waals surface area contributed by atoms with Crippen molar-refractivity contribution in [3.05, 3.63) is 12.0 Å². The second kappa shape index (κ2) is 11.3. The maximum Gasteiger partial charge on any atom is 0.180 e. The standard InChI is InChI=1S/C16H28N6O2/c1-5-6-7-13(8-9-23)21-16-14(10-19-12(2)20-16)24-11-15(17-3)22-18-4/h10,13,23H,4-9,11H2,1-3H3,(H,17,22)(H,19,20,21). The third kappa shape index (κ3) is 6.91. The van der Waals surface area contributed by atoms with Crippen LogP contribution in [0.1, 0.15) is 38.4 Å². The average Bonchev–Trinajstić information content (AvgIpc) is 2.58. The molecule has 0 aliphatic carbocycles. The van der Waals surface area contributed by atoms with Gasteiger partial charge in [0.1, 0.15) is 12.4 Å². The predicted molar refractivity (Wildman–Crippen MR) is 96.9 cm³/mol. The van der Waals surface area contributed by atoms with Crippen LogP contribution in [-0.2, 0) is 0 Å². The van der Waals surface area contributed by atoms with Crippen molar-refractivity contribution in [3.8, 4) is 5.75 Å². The fourth-order valence-electron chi connectivity index (χ4n) is 2.14. The average molecular weight is 336 g/mol. The Kier molecular flexibility index (Phi) is 9.36. The van der Waals surface area contributed by atoms with Gasteiger partial charge in [-0.25, -0.2) is 9.97 Å². The van der Waals surface area contributed by atoms with E-state index in [1.807, 2.05) is 6.92 Å². The fraction of sp³-hybridized carbons (Fsp3) is 0.625. The quantitative estimate of drug-likeness (QED) is 0.323. The molecule has 0 spiro atoms. The van der Waals surface area contributed by atoms with Crippen molar-refractivity contribution < 1.29 is 9.84 Å². The number of amidine groups is 1. The summed E-state index contributed by atoms with van der Waals surface area (Å²) in [4.78, 5) is 12.6. The molecule has 24 heavy (non-hydrogen) atoms. The van der Waals surface area contributed by atoms with Crippen molar-refractivity contribution in [2.45, 2.75) is 45.6 Å². The number of unbranched alkanes of at least 4 members (excludes halogenated alkanes) is 1. The number of aromatic nitrogens is 2. The number of ether oxygens (including phenoxy) is 1. The molecule has 0 aliphatic rings. The molecule has 8 nitrogen and oxygen atoms in total. The molecular formula is C16H28N6O2. The van der Waals surface area contributed by atoms with E-state index >= 15 is 0 Å². The van der Waals surface area contributed by atoms with Gasteiger partial charge in [0, 0.05) is 26.4 Å². The van der Waals surface area contributed by atoms with Crippen molar-refractivity contribution in [2.75, 3.05) is 25.6 Å². The highest BCUT2D eigenvalue weighted by Crippen LogP contribution is 2.23. The van der Waals surface area contributed by atoms with Gasteiger partial charge in [-0.3, -0.25) is 10.4 Å². The molecule has 1 heterocycles. The van der Waals surface area contributed by atoms with Gasteiger partial charge in [-0.2, -0.15) is 5.10 Å². The summed E-state index contributed by atoms with van der Waals surface area (Å²) in [7, 11) is 1.64. The number of rotatable bonds is 11. The van der Waals surface area contributed by atoms with Crippen molar-refractivity contribution >= 4 is 18.4 Å². The number of hydrogen-bond donors (Lipinski definition) is 3. The van der Waals surface area contributed by atoms with Crippen LogP contribution in [0, 0.1) is 6.92 Å². The first kappa shape index (κ1) is 19.8. The fourth-order valence-corrected chi connectivity index (χ4v) is 2.14. The number of aliphatic hydroxyl groups excluding tert-OH is 1. The SMILES string of the molecule is C=NNC(COc1cnc(C)nc1NC(CCO)CCCC)=NC. The van der Waals surface area contributed by atoms with E-state index in [0.29, 0.717) is 29.6 Å². The number of aliphatic imine (C=N–C) groups is 1. The highest BCUT2D eigenvalue weighted by atomic mass is 16.5. The predicted octanol–water partition coefficient (Wildman–Crippen LogP) is 1.75. The van der Waals surface area contributed by atoms with Gasteiger partial charge >= 0.3 is 0 Å². The first-order valence-electron chi connectivity index (χ1n) is 8.15. The zero-order valence-corrected chi connectivity index (χ0v) is 14.7. The Hall–Kier alpha value is -2.22. The maximum atomic E-state index is 9.26. The van der Waals surface area contributed by atoms with Crippen LogP contribution >= 0.6 is 0 Å². The molecule has 8 heteroatoms. The van der Waals surface area contributed by atoms with Gasteiger partial charge in [0.15, 0.2) is 17.4 Å². The third-order valence-electron chi connectivity index (χ3n) is 3.44. The van der Waals surface area contributed by atoms with Crippen LogP contribution in [0.2, 0.25) is 0 Å². The van der Waals surface area contributed by atoms with E-state index in [1.54, 1.807) is 13.2 Å². The van der Waals surface area contributed by atoms with Gasteiger partial charge in [0.05, 0.1) is 6.20 Å². The molecule has 1 aromatic rings. The molecule has 1 atom stereocenters. The van der Waals surface area contributed by atoms with Gasteiger partial charge < -0.3 is 15.2 Å². The molecule has 3 N–H and O–H groups in total. The van der Waals surface area contributed by atoms with Crippen LogP contribution in [0.4, 0.5) is 5.82 Å². The summed E-state index contributed by atoms with van der Waals surface area (Å²) in [6.07, 6.45) is 5.44. The molecule has 0 radical (unpaired) electrons. The lowest BCUT2D eigenvalue weighted by molar-refractivity contribution is 0.275. The summed E-state index contributed by atoms with van der Waals surface area (Å²) < 4.78 is 5.75. The summed E-state index contributed by atoms with van der Waals surface area (Å²) in [5.74, 6) is 2.36. The van der Waals surface area contributed by atoms with Gasteiger partial charge in [0.2, 0.25) is 0 Å². The van der Waals surface area contributed by atoms with Crippen molar-refractivity contribution in [3.63, 3.8) is 0 Å². The highest BCUT2D eigenvalue weighted by Gasteiger charge is 2.14. The molecule has 134 valence electrons. The van der Waals surface area contributed by atoms with Crippen LogP contribution in [0.5, 0.6) is 5.75 Å². The molecule has 0 aliphatic heterocycles. The van der Waals surface area contributed by atoms with Crippen LogP contribution in [-0.4, -0.2) is 53.9 Å². The van der Waals surface area contributed by atoms with Crippen molar-refractivity contribution in [2.24, 2.45) is 10.1 Å². The van der Waals surface area contributed by atoms with Gasteiger partial charge in [-0.15, -0.1) is 0 Å². The van der Waals surface area contributed by atoms with Gasteiger partial charge in [-0.05, 0) is 19.8 Å².